The van der Waals surface area contributed by atoms with E-state index in [1.54, 1.807) is 6.07 Å². The monoisotopic (exact) mass is 340 g/mol. The fourth-order valence-electron chi connectivity index (χ4n) is 1.62. The van der Waals surface area contributed by atoms with E-state index >= 15 is 0 Å². The number of rotatable bonds is 5. The van der Waals surface area contributed by atoms with Gasteiger partial charge in [-0.2, -0.15) is 0 Å². The molecule has 2 aromatic rings. The van der Waals surface area contributed by atoms with Crippen molar-refractivity contribution in [1.82, 2.24) is 0 Å². The van der Waals surface area contributed by atoms with E-state index in [9.17, 15) is 13.6 Å². The third kappa shape index (κ3) is 3.87. The molecule has 0 aliphatic rings. The van der Waals surface area contributed by atoms with Crippen LogP contribution >= 0.6 is 15.9 Å². The number of hydrogen-bond donors (Lipinski definition) is 0. The van der Waals surface area contributed by atoms with Crippen LogP contribution in [0.4, 0.5) is 8.78 Å². The molecule has 0 N–H and O–H groups in total. The maximum Gasteiger partial charge on any atom is 0.166 e. The molecule has 2 nitrogen and oxygen atoms in total. The van der Waals surface area contributed by atoms with Gasteiger partial charge in [-0.25, -0.2) is 8.78 Å². The number of ketones is 1. The van der Waals surface area contributed by atoms with Crippen LogP contribution < -0.4 is 4.74 Å². The van der Waals surface area contributed by atoms with E-state index in [1.807, 2.05) is 0 Å². The van der Waals surface area contributed by atoms with Crippen LogP contribution in [-0.4, -0.2) is 12.4 Å². The van der Waals surface area contributed by atoms with Crippen LogP contribution in [-0.2, 0) is 0 Å². The first kappa shape index (κ1) is 14.7. The highest BCUT2D eigenvalue weighted by Crippen LogP contribution is 2.22. The lowest BCUT2D eigenvalue weighted by Gasteiger charge is -2.07. The number of ether oxygens (including phenoxy) is 1. The third-order valence-electron chi connectivity index (χ3n) is 2.65. The summed E-state index contributed by atoms with van der Waals surface area (Å²) >= 11 is 3.21. The smallest absolute Gasteiger partial charge is 0.166 e. The molecule has 0 fully saturated rings. The predicted octanol–water partition coefficient (Wildman–Crippen LogP) is 4.38. The molecule has 0 unspecified atom stereocenters. The zero-order chi connectivity index (χ0) is 14.5. The minimum absolute atomic E-state index is 0.0591. The Bertz CT molecular complexity index is 612. The van der Waals surface area contributed by atoms with Gasteiger partial charge in [-0.15, -0.1) is 0 Å². The molecule has 0 atom stereocenters. The number of benzene rings is 2. The van der Waals surface area contributed by atoms with E-state index in [0.717, 1.165) is 0 Å². The second-order valence-electron chi connectivity index (χ2n) is 4.10. The van der Waals surface area contributed by atoms with Crippen LogP contribution in [0.3, 0.4) is 0 Å². The molecule has 0 amide bonds. The van der Waals surface area contributed by atoms with E-state index in [1.165, 1.54) is 36.4 Å². The summed E-state index contributed by atoms with van der Waals surface area (Å²) in [5, 5.41) is 0. The second kappa shape index (κ2) is 6.61. The maximum atomic E-state index is 13.4. The number of hydrogen-bond acceptors (Lipinski definition) is 2. The van der Waals surface area contributed by atoms with Gasteiger partial charge in [-0.05, 0) is 42.5 Å². The summed E-state index contributed by atoms with van der Waals surface area (Å²) in [6.07, 6.45) is 0.0948. The molecule has 0 spiro atoms. The average Bonchev–Trinajstić information content (AvgIpc) is 2.43. The molecule has 0 radical (unpaired) electrons. The zero-order valence-electron chi connectivity index (χ0n) is 10.4. The largest absolute Gasteiger partial charge is 0.490 e. The fraction of sp³-hybridized carbons (Fsp3) is 0.133. The molecular weight excluding hydrogens is 330 g/mol. The Balaban J connectivity index is 1.91. The van der Waals surface area contributed by atoms with E-state index in [-0.39, 0.29) is 24.6 Å². The van der Waals surface area contributed by atoms with Crippen molar-refractivity contribution in [3.8, 4) is 5.75 Å². The third-order valence-corrected chi connectivity index (χ3v) is 3.14. The van der Waals surface area contributed by atoms with Crippen molar-refractivity contribution < 1.29 is 18.3 Å². The second-order valence-corrected chi connectivity index (χ2v) is 5.02. The van der Waals surface area contributed by atoms with Crippen molar-refractivity contribution in [3.63, 3.8) is 0 Å². The predicted molar refractivity (Wildman–Crippen MR) is 74.9 cm³/mol. The van der Waals surface area contributed by atoms with Gasteiger partial charge in [0, 0.05) is 16.5 Å². The Labute approximate surface area is 123 Å². The highest BCUT2D eigenvalue weighted by Gasteiger charge is 2.08. The van der Waals surface area contributed by atoms with Gasteiger partial charge in [0.15, 0.2) is 17.3 Å². The highest BCUT2D eigenvalue weighted by atomic mass is 79.9. The summed E-state index contributed by atoms with van der Waals surface area (Å²) in [5.41, 5.74) is 0.407. The molecule has 104 valence electrons. The van der Waals surface area contributed by atoms with Crippen LogP contribution in [0.5, 0.6) is 5.75 Å². The van der Waals surface area contributed by atoms with Gasteiger partial charge in [-0.1, -0.05) is 15.9 Å². The molecule has 20 heavy (non-hydrogen) atoms. The Hall–Kier alpha value is -1.75. The zero-order valence-corrected chi connectivity index (χ0v) is 12.0. The molecule has 0 aliphatic carbocycles. The molecule has 0 bridgehead atoms. The normalized spacial score (nSPS) is 10.3. The Kier molecular flexibility index (Phi) is 4.84. The van der Waals surface area contributed by atoms with Crippen LogP contribution in [0.1, 0.15) is 16.8 Å². The maximum absolute atomic E-state index is 13.4. The molecule has 5 heteroatoms. The van der Waals surface area contributed by atoms with Gasteiger partial charge in [-0.3, -0.25) is 4.79 Å². The fourth-order valence-corrected chi connectivity index (χ4v) is 1.96. The highest BCUT2D eigenvalue weighted by molar-refractivity contribution is 9.10. The molecule has 2 rings (SSSR count). The standard InChI is InChI=1S/C15H11BrF2O2/c16-11-3-6-13(18)15(9-11)20-8-7-14(19)10-1-4-12(17)5-2-10/h1-6,9H,7-8H2. The van der Waals surface area contributed by atoms with Crippen molar-refractivity contribution in [1.29, 1.82) is 0 Å². The summed E-state index contributed by atoms with van der Waals surface area (Å²) in [4.78, 5) is 11.8. The summed E-state index contributed by atoms with van der Waals surface area (Å²) < 4.78 is 32.0. The minimum Gasteiger partial charge on any atom is -0.490 e. The van der Waals surface area contributed by atoms with Crippen LogP contribution in [0, 0.1) is 11.6 Å². The van der Waals surface area contributed by atoms with Gasteiger partial charge in [0.25, 0.3) is 0 Å². The molecule has 0 aromatic heterocycles. The van der Waals surface area contributed by atoms with Crippen LogP contribution in [0.2, 0.25) is 0 Å². The Morgan fingerprint density at radius 1 is 1.10 bits per heavy atom. The van der Waals surface area contributed by atoms with Crippen LogP contribution in [0.25, 0.3) is 0 Å². The van der Waals surface area contributed by atoms with Crippen LogP contribution in [0.15, 0.2) is 46.9 Å². The van der Waals surface area contributed by atoms with Crippen molar-refractivity contribution in [3.05, 3.63) is 64.1 Å². The Morgan fingerprint density at radius 3 is 2.50 bits per heavy atom. The number of halogens is 3. The molecule has 0 aliphatic heterocycles. The quantitative estimate of drug-likeness (QED) is 0.755. The molecular formula is C15H11BrF2O2. The first-order valence-electron chi connectivity index (χ1n) is 5.93. The van der Waals surface area contributed by atoms with Gasteiger partial charge >= 0.3 is 0 Å². The van der Waals surface area contributed by atoms with Crippen molar-refractivity contribution in [2.24, 2.45) is 0 Å². The summed E-state index contributed by atoms with van der Waals surface area (Å²) in [5.74, 6) is -0.969. The van der Waals surface area contributed by atoms with Gasteiger partial charge in [0.2, 0.25) is 0 Å². The summed E-state index contributed by atoms with van der Waals surface area (Å²) in [7, 11) is 0. The van der Waals surface area contributed by atoms with E-state index in [4.69, 9.17) is 4.74 Å². The van der Waals surface area contributed by atoms with Crippen molar-refractivity contribution in [2.45, 2.75) is 6.42 Å². The lowest BCUT2D eigenvalue weighted by molar-refractivity contribution is 0.0961. The van der Waals surface area contributed by atoms with Crippen molar-refractivity contribution >= 4 is 21.7 Å². The Morgan fingerprint density at radius 2 is 1.80 bits per heavy atom. The topological polar surface area (TPSA) is 26.3 Å². The molecule has 0 heterocycles. The number of carbonyl (C=O) groups excluding carboxylic acids is 1. The first-order valence-corrected chi connectivity index (χ1v) is 6.72. The summed E-state index contributed by atoms with van der Waals surface area (Å²) in [6, 6.07) is 9.61. The van der Waals surface area contributed by atoms with Gasteiger partial charge in [0.1, 0.15) is 5.82 Å². The number of Topliss-reactive ketones (excluding diaryl/α,β-unsaturated/α-hetero) is 1. The van der Waals surface area contributed by atoms with Gasteiger partial charge < -0.3 is 4.74 Å². The molecule has 0 saturated carbocycles. The van der Waals surface area contributed by atoms with Gasteiger partial charge in [0.05, 0.1) is 6.61 Å². The number of carbonyl (C=O) groups is 1. The van der Waals surface area contributed by atoms with Crippen molar-refractivity contribution in [2.75, 3.05) is 6.61 Å². The SMILES string of the molecule is O=C(CCOc1cc(Br)ccc1F)c1ccc(F)cc1. The lowest BCUT2D eigenvalue weighted by atomic mass is 10.1. The summed E-state index contributed by atoms with van der Waals surface area (Å²) in [6.45, 7) is 0.0591. The first-order chi connectivity index (χ1) is 9.56. The molecule has 0 saturated heterocycles. The average molecular weight is 341 g/mol. The van der Waals surface area contributed by atoms with E-state index in [0.29, 0.717) is 10.0 Å². The lowest BCUT2D eigenvalue weighted by Crippen LogP contribution is -2.07. The van der Waals surface area contributed by atoms with E-state index < -0.39 is 11.6 Å². The van der Waals surface area contributed by atoms with E-state index in [2.05, 4.69) is 15.9 Å². The molecule has 2 aromatic carbocycles. The minimum atomic E-state index is -0.484.